The highest BCUT2D eigenvalue weighted by Gasteiger charge is 2.29. The van der Waals surface area contributed by atoms with Crippen molar-refractivity contribution in [1.82, 2.24) is 14.9 Å². The summed E-state index contributed by atoms with van der Waals surface area (Å²) in [7, 11) is 4.19. The van der Waals surface area contributed by atoms with Gasteiger partial charge in [-0.3, -0.25) is 0 Å². The van der Waals surface area contributed by atoms with Crippen LogP contribution in [0.3, 0.4) is 0 Å². The van der Waals surface area contributed by atoms with Crippen LogP contribution in [-0.4, -0.2) is 48.6 Å². The van der Waals surface area contributed by atoms with Gasteiger partial charge in [-0.2, -0.15) is 0 Å². The van der Waals surface area contributed by atoms with Crippen molar-refractivity contribution in [1.29, 1.82) is 0 Å². The second-order valence-electron chi connectivity index (χ2n) is 6.09. The summed E-state index contributed by atoms with van der Waals surface area (Å²) < 4.78 is 0. The van der Waals surface area contributed by atoms with Gasteiger partial charge in [-0.15, -0.1) is 0 Å². The maximum atomic E-state index is 5.64. The zero-order chi connectivity index (χ0) is 15.4. The lowest BCUT2D eigenvalue weighted by Crippen LogP contribution is -2.34. The van der Waals surface area contributed by atoms with Gasteiger partial charge in [-0.1, -0.05) is 6.92 Å². The Morgan fingerprint density at radius 2 is 1.90 bits per heavy atom. The quantitative estimate of drug-likeness (QED) is 0.562. The van der Waals surface area contributed by atoms with Crippen molar-refractivity contribution in [3.05, 3.63) is 11.4 Å². The predicted molar refractivity (Wildman–Crippen MR) is 87.6 cm³/mol. The molecule has 0 unspecified atom stereocenters. The molecule has 1 aromatic rings. The molecule has 1 aliphatic carbocycles. The maximum Gasteiger partial charge on any atom is 0.148 e. The molecule has 0 atom stereocenters. The Balaban J connectivity index is 2.30. The van der Waals surface area contributed by atoms with Crippen molar-refractivity contribution in [2.75, 3.05) is 44.1 Å². The molecule has 0 aliphatic heterocycles. The first-order valence-electron chi connectivity index (χ1n) is 7.81. The topological polar surface area (TPSA) is 70.3 Å². The SMILES string of the molecule is CCCN(CCN(C)C)c1nc(C2CC2)nc(NN)c1C. The Hall–Kier alpha value is -1.40. The molecule has 1 heterocycles. The molecule has 118 valence electrons. The van der Waals surface area contributed by atoms with Crippen LogP contribution in [0.5, 0.6) is 0 Å². The van der Waals surface area contributed by atoms with Gasteiger partial charge in [0.15, 0.2) is 0 Å². The molecule has 1 aromatic heterocycles. The van der Waals surface area contributed by atoms with Gasteiger partial charge in [0, 0.05) is 31.1 Å². The minimum atomic E-state index is 0.522. The third-order valence-electron chi connectivity index (χ3n) is 3.83. The van der Waals surface area contributed by atoms with Crippen molar-refractivity contribution >= 4 is 11.6 Å². The number of aromatic nitrogens is 2. The smallest absolute Gasteiger partial charge is 0.148 e. The number of anilines is 2. The predicted octanol–water partition coefficient (Wildman–Crippen LogP) is 1.73. The summed E-state index contributed by atoms with van der Waals surface area (Å²) >= 11 is 0. The van der Waals surface area contributed by atoms with Crippen LogP contribution in [0.15, 0.2) is 0 Å². The first-order chi connectivity index (χ1) is 10.1. The Morgan fingerprint density at radius 1 is 1.19 bits per heavy atom. The normalized spacial score (nSPS) is 14.6. The van der Waals surface area contributed by atoms with Gasteiger partial charge in [0.25, 0.3) is 0 Å². The van der Waals surface area contributed by atoms with E-state index in [0.29, 0.717) is 5.92 Å². The molecule has 2 rings (SSSR count). The summed E-state index contributed by atoms with van der Waals surface area (Å²) in [6, 6.07) is 0. The number of likely N-dealkylation sites (N-methyl/N-ethyl adjacent to an activating group) is 1. The first-order valence-corrected chi connectivity index (χ1v) is 7.81. The Bertz CT molecular complexity index is 469. The van der Waals surface area contributed by atoms with Crippen LogP contribution in [-0.2, 0) is 0 Å². The highest BCUT2D eigenvalue weighted by molar-refractivity contribution is 5.58. The van der Waals surface area contributed by atoms with Crippen LogP contribution in [0, 0.1) is 6.92 Å². The van der Waals surface area contributed by atoms with E-state index in [1.165, 1.54) is 12.8 Å². The molecule has 0 amide bonds. The molecule has 1 aliphatic rings. The third kappa shape index (κ3) is 4.04. The van der Waals surface area contributed by atoms with E-state index < -0.39 is 0 Å². The Morgan fingerprint density at radius 3 is 2.43 bits per heavy atom. The molecule has 3 N–H and O–H groups in total. The Labute approximate surface area is 127 Å². The minimum Gasteiger partial charge on any atom is -0.355 e. The fourth-order valence-electron chi connectivity index (χ4n) is 2.41. The van der Waals surface area contributed by atoms with Gasteiger partial charge >= 0.3 is 0 Å². The van der Waals surface area contributed by atoms with Gasteiger partial charge < -0.3 is 15.2 Å². The van der Waals surface area contributed by atoms with Crippen molar-refractivity contribution in [3.63, 3.8) is 0 Å². The lowest BCUT2D eigenvalue weighted by Gasteiger charge is -2.27. The number of nitrogen functional groups attached to an aromatic ring is 1. The van der Waals surface area contributed by atoms with Gasteiger partial charge in [0.05, 0.1) is 0 Å². The van der Waals surface area contributed by atoms with E-state index in [-0.39, 0.29) is 0 Å². The van der Waals surface area contributed by atoms with Gasteiger partial charge in [0.2, 0.25) is 0 Å². The second-order valence-corrected chi connectivity index (χ2v) is 6.09. The zero-order valence-electron chi connectivity index (χ0n) is 13.7. The highest BCUT2D eigenvalue weighted by Crippen LogP contribution is 2.39. The van der Waals surface area contributed by atoms with E-state index in [1.807, 2.05) is 6.92 Å². The molecule has 0 bridgehead atoms. The molecule has 0 spiro atoms. The molecule has 21 heavy (non-hydrogen) atoms. The number of nitrogens with zero attached hydrogens (tertiary/aromatic N) is 4. The van der Waals surface area contributed by atoms with Crippen molar-refractivity contribution in [2.45, 2.75) is 39.0 Å². The third-order valence-corrected chi connectivity index (χ3v) is 3.83. The van der Waals surface area contributed by atoms with E-state index in [1.54, 1.807) is 0 Å². The molecular weight excluding hydrogens is 264 g/mol. The van der Waals surface area contributed by atoms with E-state index in [9.17, 15) is 0 Å². The van der Waals surface area contributed by atoms with Crippen LogP contribution < -0.4 is 16.2 Å². The fourth-order valence-corrected chi connectivity index (χ4v) is 2.41. The molecule has 1 saturated carbocycles. The fraction of sp³-hybridized carbons (Fsp3) is 0.733. The monoisotopic (exact) mass is 292 g/mol. The van der Waals surface area contributed by atoms with Crippen LogP contribution in [0.4, 0.5) is 11.6 Å². The van der Waals surface area contributed by atoms with Crippen LogP contribution in [0.2, 0.25) is 0 Å². The summed E-state index contributed by atoms with van der Waals surface area (Å²) in [5.74, 6) is 8.89. The van der Waals surface area contributed by atoms with E-state index in [4.69, 9.17) is 10.8 Å². The number of hydrogen-bond acceptors (Lipinski definition) is 6. The zero-order valence-corrected chi connectivity index (χ0v) is 13.7. The van der Waals surface area contributed by atoms with Gasteiger partial charge in [0.1, 0.15) is 17.5 Å². The van der Waals surface area contributed by atoms with E-state index in [0.717, 1.165) is 49.1 Å². The molecule has 1 fully saturated rings. The molecular formula is C15H28N6. The lowest BCUT2D eigenvalue weighted by atomic mass is 10.2. The van der Waals surface area contributed by atoms with Crippen LogP contribution in [0.1, 0.15) is 43.5 Å². The van der Waals surface area contributed by atoms with Crippen molar-refractivity contribution in [2.24, 2.45) is 5.84 Å². The molecule has 6 nitrogen and oxygen atoms in total. The summed E-state index contributed by atoms with van der Waals surface area (Å²) in [5, 5.41) is 0. The molecule has 0 saturated heterocycles. The minimum absolute atomic E-state index is 0.522. The number of nitrogens with two attached hydrogens (primary N) is 1. The first kappa shape index (κ1) is 16.0. The number of rotatable bonds is 8. The summed E-state index contributed by atoms with van der Waals surface area (Å²) in [6.07, 6.45) is 3.48. The largest absolute Gasteiger partial charge is 0.355 e. The Kier molecular flexibility index (Phi) is 5.36. The number of hydrogen-bond donors (Lipinski definition) is 2. The summed E-state index contributed by atoms with van der Waals surface area (Å²) in [4.78, 5) is 14.0. The van der Waals surface area contributed by atoms with Crippen LogP contribution >= 0.6 is 0 Å². The van der Waals surface area contributed by atoms with Crippen LogP contribution in [0.25, 0.3) is 0 Å². The van der Waals surface area contributed by atoms with Crippen molar-refractivity contribution in [3.8, 4) is 0 Å². The van der Waals surface area contributed by atoms with E-state index in [2.05, 4.69) is 41.2 Å². The van der Waals surface area contributed by atoms with Gasteiger partial charge in [-0.05, 0) is 40.3 Å². The van der Waals surface area contributed by atoms with E-state index >= 15 is 0 Å². The molecule has 0 aromatic carbocycles. The highest BCUT2D eigenvalue weighted by atomic mass is 15.3. The lowest BCUT2D eigenvalue weighted by molar-refractivity contribution is 0.412. The van der Waals surface area contributed by atoms with Crippen molar-refractivity contribution < 1.29 is 0 Å². The maximum absolute atomic E-state index is 5.64. The number of hydrazine groups is 1. The average Bonchev–Trinajstić information content (AvgIpc) is 3.28. The standard InChI is InChI=1S/C15H28N6/c1-5-8-21(10-9-20(3)4)15-11(2)13(19-16)17-14(18-15)12-6-7-12/h12H,5-10,16H2,1-4H3,(H,17,18,19). The molecule has 0 radical (unpaired) electrons. The van der Waals surface area contributed by atoms with Gasteiger partial charge in [-0.25, -0.2) is 15.8 Å². The number of nitrogens with one attached hydrogen (secondary N) is 1. The summed E-state index contributed by atoms with van der Waals surface area (Å²) in [6.45, 7) is 7.21. The second kappa shape index (κ2) is 7.04. The molecule has 6 heteroatoms. The summed E-state index contributed by atoms with van der Waals surface area (Å²) in [5.41, 5.74) is 3.77. The average molecular weight is 292 g/mol.